The van der Waals surface area contributed by atoms with Crippen LogP contribution in [-0.4, -0.2) is 11.1 Å². The highest BCUT2D eigenvalue weighted by Crippen LogP contribution is 2.22. The number of unbranched alkanes of at least 4 members (excludes halogenated alkanes) is 4. The predicted octanol–water partition coefficient (Wildman–Crippen LogP) is 7.46. The van der Waals surface area contributed by atoms with Crippen LogP contribution in [0, 0.1) is 17.8 Å². The molecule has 0 aromatic carbocycles. The average Bonchev–Trinajstić information content (AvgIpc) is 2.52. The second kappa shape index (κ2) is 16.0. The summed E-state index contributed by atoms with van der Waals surface area (Å²) in [6, 6.07) is 0. The maximum Gasteiger partial charge on any atom is 0.303 e. The maximum atomic E-state index is 10.6. The van der Waals surface area contributed by atoms with Crippen molar-refractivity contribution in [1.82, 2.24) is 0 Å². The summed E-state index contributed by atoms with van der Waals surface area (Å²) in [6.07, 6.45) is 17.5. The third-order valence-electron chi connectivity index (χ3n) is 5.44. The van der Waals surface area contributed by atoms with Crippen molar-refractivity contribution in [2.45, 2.75) is 118 Å². The van der Waals surface area contributed by atoms with Gasteiger partial charge in [-0.1, -0.05) is 105 Å². The van der Waals surface area contributed by atoms with E-state index < -0.39 is 5.97 Å². The van der Waals surface area contributed by atoms with E-state index in [-0.39, 0.29) is 0 Å². The van der Waals surface area contributed by atoms with Gasteiger partial charge in [0.05, 0.1) is 0 Å². The Morgan fingerprint density at radius 3 is 1.54 bits per heavy atom. The van der Waals surface area contributed by atoms with Crippen LogP contribution < -0.4 is 0 Å². The van der Waals surface area contributed by atoms with Gasteiger partial charge in [0.25, 0.3) is 0 Å². The van der Waals surface area contributed by atoms with E-state index >= 15 is 0 Å². The van der Waals surface area contributed by atoms with Gasteiger partial charge in [0.15, 0.2) is 0 Å². The van der Waals surface area contributed by atoms with Crippen LogP contribution in [0.2, 0.25) is 0 Å². The fourth-order valence-electron chi connectivity index (χ4n) is 3.53. The van der Waals surface area contributed by atoms with Crippen molar-refractivity contribution in [1.29, 1.82) is 0 Å². The largest absolute Gasteiger partial charge is 0.481 e. The van der Waals surface area contributed by atoms with Gasteiger partial charge in [0, 0.05) is 6.42 Å². The van der Waals surface area contributed by atoms with E-state index in [9.17, 15) is 4.79 Å². The summed E-state index contributed by atoms with van der Waals surface area (Å²) >= 11 is 0. The zero-order valence-electron chi connectivity index (χ0n) is 17.0. The summed E-state index contributed by atoms with van der Waals surface area (Å²) in [5.74, 6) is 1.62. The minimum absolute atomic E-state index is 0.326. The molecule has 1 N–H and O–H groups in total. The lowest BCUT2D eigenvalue weighted by atomic mass is 9.91. The van der Waals surface area contributed by atoms with Gasteiger partial charge in [-0.25, -0.2) is 0 Å². The quantitative estimate of drug-likeness (QED) is 0.279. The fourth-order valence-corrected chi connectivity index (χ4v) is 3.53. The lowest BCUT2D eigenvalue weighted by Gasteiger charge is -2.15. The third-order valence-corrected chi connectivity index (χ3v) is 5.44. The number of carboxylic acid groups (broad SMARTS) is 1. The topological polar surface area (TPSA) is 37.3 Å². The van der Waals surface area contributed by atoms with Crippen molar-refractivity contribution >= 4 is 5.97 Å². The number of carbonyl (C=O) groups is 1. The molecule has 0 aliphatic heterocycles. The van der Waals surface area contributed by atoms with Crippen LogP contribution in [-0.2, 0) is 4.79 Å². The first-order chi connectivity index (χ1) is 11.5. The zero-order chi connectivity index (χ0) is 18.2. The van der Waals surface area contributed by atoms with Gasteiger partial charge in [0.1, 0.15) is 0 Å². The van der Waals surface area contributed by atoms with Gasteiger partial charge in [-0.05, 0) is 24.2 Å². The Kier molecular flexibility index (Phi) is 15.6. The molecule has 24 heavy (non-hydrogen) atoms. The molecule has 0 amide bonds. The molecular weight excluding hydrogens is 296 g/mol. The van der Waals surface area contributed by atoms with Crippen LogP contribution in [0.15, 0.2) is 0 Å². The molecule has 3 unspecified atom stereocenters. The van der Waals surface area contributed by atoms with Gasteiger partial charge in [-0.3, -0.25) is 4.79 Å². The molecule has 0 radical (unpaired) electrons. The molecule has 0 aliphatic rings. The van der Waals surface area contributed by atoms with Crippen molar-refractivity contribution in [3.8, 4) is 0 Å². The standard InChI is InChI=1S/C22H44O2/c1-5-6-7-8-9-12-19(2)13-10-14-20(3)15-11-16-21(4)17-18-22(23)24/h19-21H,5-18H2,1-4H3,(H,23,24). The number of rotatable bonds is 17. The van der Waals surface area contributed by atoms with Crippen LogP contribution in [0.3, 0.4) is 0 Å². The zero-order valence-corrected chi connectivity index (χ0v) is 17.0. The highest BCUT2D eigenvalue weighted by molar-refractivity contribution is 5.66. The Hall–Kier alpha value is -0.530. The summed E-state index contributed by atoms with van der Waals surface area (Å²) in [5, 5.41) is 8.71. The Balaban J connectivity index is 3.48. The number of carboxylic acids is 1. The number of aliphatic carboxylic acids is 1. The molecule has 0 aromatic rings. The fraction of sp³-hybridized carbons (Fsp3) is 0.955. The second-order valence-corrected chi connectivity index (χ2v) is 8.31. The lowest BCUT2D eigenvalue weighted by molar-refractivity contribution is -0.137. The Bertz CT molecular complexity index is 288. The molecule has 0 aliphatic carbocycles. The lowest BCUT2D eigenvalue weighted by Crippen LogP contribution is -2.03. The smallest absolute Gasteiger partial charge is 0.303 e. The summed E-state index contributed by atoms with van der Waals surface area (Å²) in [7, 11) is 0. The first-order valence-electron chi connectivity index (χ1n) is 10.7. The van der Waals surface area contributed by atoms with Crippen molar-refractivity contribution in [3.05, 3.63) is 0 Å². The van der Waals surface area contributed by atoms with Gasteiger partial charge in [-0.2, -0.15) is 0 Å². The van der Waals surface area contributed by atoms with Crippen LogP contribution in [0.25, 0.3) is 0 Å². The molecule has 0 heterocycles. The summed E-state index contributed by atoms with van der Waals surface area (Å²) in [6.45, 7) is 9.28. The molecule has 2 nitrogen and oxygen atoms in total. The van der Waals surface area contributed by atoms with Gasteiger partial charge in [-0.15, -0.1) is 0 Å². The van der Waals surface area contributed by atoms with E-state index in [0.29, 0.717) is 12.3 Å². The second-order valence-electron chi connectivity index (χ2n) is 8.31. The summed E-state index contributed by atoms with van der Waals surface area (Å²) < 4.78 is 0. The molecule has 3 atom stereocenters. The Morgan fingerprint density at radius 1 is 0.667 bits per heavy atom. The molecule has 0 bridgehead atoms. The number of hydrogen-bond acceptors (Lipinski definition) is 1. The van der Waals surface area contributed by atoms with Crippen LogP contribution in [0.4, 0.5) is 0 Å². The first kappa shape index (κ1) is 23.5. The molecule has 0 saturated carbocycles. The molecule has 0 aromatic heterocycles. The SMILES string of the molecule is CCCCCCCC(C)CCCC(C)CCCC(C)CCC(=O)O. The molecule has 0 fully saturated rings. The van der Waals surface area contributed by atoms with Crippen molar-refractivity contribution in [2.24, 2.45) is 17.8 Å². The third kappa shape index (κ3) is 16.3. The molecule has 144 valence electrons. The average molecular weight is 341 g/mol. The van der Waals surface area contributed by atoms with Gasteiger partial charge < -0.3 is 5.11 Å². The predicted molar refractivity (Wildman–Crippen MR) is 105 cm³/mol. The van der Waals surface area contributed by atoms with E-state index in [2.05, 4.69) is 27.7 Å². The molecule has 0 rings (SSSR count). The monoisotopic (exact) mass is 340 g/mol. The Morgan fingerprint density at radius 2 is 1.08 bits per heavy atom. The summed E-state index contributed by atoms with van der Waals surface area (Å²) in [5.41, 5.74) is 0. The van der Waals surface area contributed by atoms with Crippen LogP contribution in [0.5, 0.6) is 0 Å². The molecule has 2 heteroatoms. The normalized spacial score (nSPS) is 15.2. The minimum atomic E-state index is -0.658. The van der Waals surface area contributed by atoms with Gasteiger partial charge in [0.2, 0.25) is 0 Å². The highest BCUT2D eigenvalue weighted by Gasteiger charge is 2.08. The summed E-state index contributed by atoms with van der Waals surface area (Å²) in [4.78, 5) is 10.6. The molecule has 0 spiro atoms. The highest BCUT2D eigenvalue weighted by atomic mass is 16.4. The van der Waals surface area contributed by atoms with Crippen LogP contribution in [0.1, 0.15) is 118 Å². The van der Waals surface area contributed by atoms with Gasteiger partial charge >= 0.3 is 5.97 Å². The van der Waals surface area contributed by atoms with Crippen molar-refractivity contribution < 1.29 is 9.90 Å². The maximum absolute atomic E-state index is 10.6. The van der Waals surface area contributed by atoms with E-state index in [1.54, 1.807) is 0 Å². The van der Waals surface area contributed by atoms with E-state index in [1.165, 1.54) is 77.0 Å². The van der Waals surface area contributed by atoms with Crippen molar-refractivity contribution in [2.75, 3.05) is 0 Å². The molecule has 0 saturated heterocycles. The Labute approximate surface area is 151 Å². The first-order valence-corrected chi connectivity index (χ1v) is 10.7. The van der Waals surface area contributed by atoms with E-state index in [1.807, 2.05) is 0 Å². The van der Waals surface area contributed by atoms with Crippen LogP contribution >= 0.6 is 0 Å². The molecular formula is C22H44O2. The van der Waals surface area contributed by atoms with Crippen molar-refractivity contribution in [3.63, 3.8) is 0 Å². The van der Waals surface area contributed by atoms with E-state index in [0.717, 1.165) is 18.3 Å². The minimum Gasteiger partial charge on any atom is -0.481 e. The van der Waals surface area contributed by atoms with E-state index in [4.69, 9.17) is 5.11 Å². The number of hydrogen-bond donors (Lipinski definition) is 1.